The van der Waals surface area contributed by atoms with Crippen LogP contribution in [0.1, 0.15) is 25.8 Å². The van der Waals surface area contributed by atoms with Crippen molar-refractivity contribution in [2.45, 2.75) is 26.3 Å². The third-order valence-corrected chi connectivity index (χ3v) is 2.66. The molecule has 0 radical (unpaired) electrons. The zero-order valence-electron chi connectivity index (χ0n) is 12.0. The second-order valence-corrected chi connectivity index (χ2v) is 5.00. The molecule has 4 heteroatoms. The normalized spacial score (nSPS) is 11.4. The second kappa shape index (κ2) is 9.00. The molecule has 1 aromatic rings. The summed E-state index contributed by atoms with van der Waals surface area (Å²) in [6.45, 7) is 4.32. The summed E-state index contributed by atoms with van der Waals surface area (Å²) >= 11 is 0. The van der Waals surface area contributed by atoms with Gasteiger partial charge in [0.25, 0.3) is 0 Å². The van der Waals surface area contributed by atoms with Crippen molar-refractivity contribution in [2.24, 2.45) is 5.92 Å². The van der Waals surface area contributed by atoms with E-state index in [-0.39, 0.29) is 25.2 Å². The fraction of sp³-hybridized carbons (Fsp3) is 0.438. The molecule has 108 valence electrons. The molecule has 0 heterocycles. The van der Waals surface area contributed by atoms with Gasteiger partial charge >= 0.3 is 6.03 Å². The Labute approximate surface area is 120 Å². The Balaban J connectivity index is 2.31. The first-order valence-electron chi connectivity index (χ1n) is 6.81. The number of aliphatic hydroxyl groups excluding tert-OH is 1. The quantitative estimate of drug-likeness (QED) is 0.716. The first-order chi connectivity index (χ1) is 9.61. The van der Waals surface area contributed by atoms with Gasteiger partial charge in [0.1, 0.15) is 0 Å². The van der Waals surface area contributed by atoms with E-state index in [1.165, 1.54) is 0 Å². The van der Waals surface area contributed by atoms with Crippen molar-refractivity contribution in [2.75, 3.05) is 13.2 Å². The second-order valence-electron chi connectivity index (χ2n) is 5.00. The predicted octanol–water partition coefficient (Wildman–Crippen LogP) is 1.74. The monoisotopic (exact) mass is 274 g/mol. The van der Waals surface area contributed by atoms with E-state index in [9.17, 15) is 9.90 Å². The Hall–Kier alpha value is -1.99. The molecule has 0 aliphatic heterocycles. The van der Waals surface area contributed by atoms with Crippen LogP contribution >= 0.6 is 0 Å². The van der Waals surface area contributed by atoms with Gasteiger partial charge in [-0.05, 0) is 24.5 Å². The molecule has 0 aliphatic carbocycles. The maximum atomic E-state index is 11.6. The van der Waals surface area contributed by atoms with E-state index < -0.39 is 0 Å². The minimum atomic E-state index is -0.299. The highest BCUT2D eigenvalue weighted by molar-refractivity contribution is 5.74. The highest BCUT2D eigenvalue weighted by atomic mass is 16.3. The van der Waals surface area contributed by atoms with Crippen molar-refractivity contribution < 1.29 is 9.90 Å². The number of carbonyl (C=O) groups is 1. The molecular weight excluding hydrogens is 252 g/mol. The largest absolute Gasteiger partial charge is 0.394 e. The van der Waals surface area contributed by atoms with Crippen LogP contribution in [0.2, 0.25) is 0 Å². The molecule has 0 aromatic heterocycles. The third-order valence-electron chi connectivity index (χ3n) is 2.66. The van der Waals surface area contributed by atoms with Crippen LogP contribution in [-0.2, 0) is 0 Å². The van der Waals surface area contributed by atoms with Crippen molar-refractivity contribution in [3.63, 3.8) is 0 Å². The number of rotatable bonds is 5. The van der Waals surface area contributed by atoms with Gasteiger partial charge in [0.05, 0.1) is 19.2 Å². The van der Waals surface area contributed by atoms with Gasteiger partial charge in [-0.25, -0.2) is 4.79 Å². The molecule has 0 saturated carbocycles. The molecule has 20 heavy (non-hydrogen) atoms. The van der Waals surface area contributed by atoms with Gasteiger partial charge in [0, 0.05) is 5.56 Å². The fourth-order valence-electron chi connectivity index (χ4n) is 1.78. The first kappa shape index (κ1) is 16.1. The van der Waals surface area contributed by atoms with Crippen LogP contribution in [0.3, 0.4) is 0 Å². The maximum Gasteiger partial charge on any atom is 0.315 e. The van der Waals surface area contributed by atoms with Crippen molar-refractivity contribution in [1.29, 1.82) is 0 Å². The van der Waals surface area contributed by atoms with Gasteiger partial charge < -0.3 is 15.7 Å². The van der Waals surface area contributed by atoms with Crippen molar-refractivity contribution in [3.8, 4) is 11.8 Å². The standard InChI is InChI=1S/C16H22N2O2/c1-13(2)11-15(12-19)18-16(20)17-10-6-9-14-7-4-3-5-8-14/h3-5,7-8,13,15,19H,10-12H2,1-2H3,(H2,17,18,20)/t15-/m1/s1. The lowest BCUT2D eigenvalue weighted by Crippen LogP contribution is -2.44. The summed E-state index contributed by atoms with van der Waals surface area (Å²) in [4.78, 5) is 11.6. The van der Waals surface area contributed by atoms with Crippen LogP contribution in [0.4, 0.5) is 4.79 Å². The third kappa shape index (κ3) is 6.81. The number of benzene rings is 1. The van der Waals surface area contributed by atoms with Crippen molar-refractivity contribution >= 4 is 6.03 Å². The van der Waals surface area contributed by atoms with Gasteiger partial charge in [-0.1, -0.05) is 43.9 Å². The van der Waals surface area contributed by atoms with Crippen molar-refractivity contribution in [3.05, 3.63) is 35.9 Å². The van der Waals surface area contributed by atoms with Gasteiger partial charge in [-0.3, -0.25) is 0 Å². The number of amides is 2. The van der Waals surface area contributed by atoms with E-state index in [1.807, 2.05) is 44.2 Å². The van der Waals surface area contributed by atoms with Gasteiger partial charge in [0.2, 0.25) is 0 Å². The molecule has 1 atom stereocenters. The highest BCUT2D eigenvalue weighted by Gasteiger charge is 2.11. The van der Waals surface area contributed by atoms with E-state index in [4.69, 9.17) is 0 Å². The van der Waals surface area contributed by atoms with Gasteiger partial charge in [-0.2, -0.15) is 0 Å². The highest BCUT2D eigenvalue weighted by Crippen LogP contribution is 2.03. The molecule has 0 saturated heterocycles. The molecule has 1 rings (SSSR count). The number of aliphatic hydroxyl groups is 1. The number of hydrogen-bond donors (Lipinski definition) is 3. The molecule has 4 nitrogen and oxygen atoms in total. The molecule has 0 fully saturated rings. The van der Waals surface area contributed by atoms with Gasteiger partial charge in [0.15, 0.2) is 0 Å². The molecule has 0 bridgehead atoms. The molecule has 3 N–H and O–H groups in total. The molecule has 1 aromatic carbocycles. The average molecular weight is 274 g/mol. The lowest BCUT2D eigenvalue weighted by Gasteiger charge is -2.18. The van der Waals surface area contributed by atoms with Crippen LogP contribution in [-0.4, -0.2) is 30.3 Å². The van der Waals surface area contributed by atoms with E-state index in [0.29, 0.717) is 5.92 Å². The van der Waals surface area contributed by atoms with Crippen LogP contribution in [0.15, 0.2) is 30.3 Å². The summed E-state index contributed by atoms with van der Waals surface area (Å²) in [5.74, 6) is 6.26. The first-order valence-corrected chi connectivity index (χ1v) is 6.81. The number of carbonyl (C=O) groups excluding carboxylic acids is 1. The molecule has 0 aliphatic rings. The number of urea groups is 1. The topological polar surface area (TPSA) is 61.4 Å². The minimum Gasteiger partial charge on any atom is -0.394 e. The van der Waals surface area contributed by atoms with E-state index >= 15 is 0 Å². The van der Waals surface area contributed by atoms with E-state index in [1.54, 1.807) is 0 Å². The smallest absolute Gasteiger partial charge is 0.315 e. The summed E-state index contributed by atoms with van der Waals surface area (Å²) in [6, 6.07) is 9.09. The maximum absolute atomic E-state index is 11.6. The summed E-state index contributed by atoms with van der Waals surface area (Å²) in [5, 5.41) is 14.6. The van der Waals surface area contributed by atoms with Crippen LogP contribution in [0, 0.1) is 17.8 Å². The number of nitrogens with one attached hydrogen (secondary N) is 2. The molecule has 0 unspecified atom stereocenters. The zero-order chi connectivity index (χ0) is 14.8. The minimum absolute atomic E-state index is 0.0543. The fourth-order valence-corrected chi connectivity index (χ4v) is 1.78. The number of hydrogen-bond acceptors (Lipinski definition) is 2. The average Bonchev–Trinajstić information content (AvgIpc) is 2.43. The predicted molar refractivity (Wildman–Crippen MR) is 80.2 cm³/mol. The Morgan fingerprint density at radius 3 is 2.60 bits per heavy atom. The SMILES string of the molecule is CC(C)C[C@H](CO)NC(=O)NCC#Cc1ccccc1. The Bertz CT molecular complexity index is 460. The van der Waals surface area contributed by atoms with E-state index in [2.05, 4.69) is 22.5 Å². The zero-order valence-corrected chi connectivity index (χ0v) is 12.0. The Morgan fingerprint density at radius 1 is 1.30 bits per heavy atom. The van der Waals surface area contributed by atoms with Crippen LogP contribution in [0.25, 0.3) is 0 Å². The summed E-state index contributed by atoms with van der Waals surface area (Å²) < 4.78 is 0. The van der Waals surface area contributed by atoms with E-state index in [0.717, 1.165) is 12.0 Å². The lowest BCUT2D eigenvalue weighted by atomic mass is 10.0. The Kier molecular flexibility index (Phi) is 7.23. The summed E-state index contributed by atoms with van der Waals surface area (Å²) in [5.41, 5.74) is 0.919. The summed E-state index contributed by atoms with van der Waals surface area (Å²) in [6.07, 6.45) is 0.750. The molecular formula is C16H22N2O2. The lowest BCUT2D eigenvalue weighted by molar-refractivity contribution is 0.207. The van der Waals surface area contributed by atoms with Gasteiger partial charge in [-0.15, -0.1) is 0 Å². The Morgan fingerprint density at radius 2 is 2.00 bits per heavy atom. The molecule has 2 amide bonds. The summed E-state index contributed by atoms with van der Waals surface area (Å²) in [7, 11) is 0. The van der Waals surface area contributed by atoms with Crippen LogP contribution in [0.5, 0.6) is 0 Å². The molecule has 0 spiro atoms. The van der Waals surface area contributed by atoms with Crippen LogP contribution < -0.4 is 10.6 Å². The van der Waals surface area contributed by atoms with Crippen molar-refractivity contribution in [1.82, 2.24) is 10.6 Å².